The van der Waals surface area contributed by atoms with Crippen LogP contribution in [0.15, 0.2) is 4.99 Å². The van der Waals surface area contributed by atoms with E-state index in [4.69, 9.17) is 4.74 Å². The highest BCUT2D eigenvalue weighted by Crippen LogP contribution is 2.15. The Morgan fingerprint density at radius 2 is 2.07 bits per heavy atom. The summed E-state index contributed by atoms with van der Waals surface area (Å²) < 4.78 is 42.8. The van der Waals surface area contributed by atoms with Gasteiger partial charge in [-0.3, -0.25) is 14.8 Å². The Hall–Kier alpha value is -1.06. The Bertz CT molecular complexity index is 432. The number of aliphatic imine (C=N–C) groups is 1. The predicted molar refractivity (Wildman–Crippen MR) is 103 cm³/mol. The molecule has 0 aliphatic carbocycles. The van der Waals surface area contributed by atoms with Gasteiger partial charge in [0.05, 0.1) is 25.8 Å². The Morgan fingerprint density at radius 3 is 2.70 bits per heavy atom. The molecule has 1 heterocycles. The average Bonchev–Trinajstić information content (AvgIpc) is 2.54. The second kappa shape index (κ2) is 12.4. The Labute approximate surface area is 161 Å². The molecule has 1 aliphatic heterocycles. The molecule has 1 saturated heterocycles. The number of nitrogens with one attached hydrogen (secondary N) is 2. The molecule has 2 N–H and O–H groups in total. The molecular formula is C18H36F3N5O. The number of ether oxygens (including phenoxy) is 1. The summed E-state index contributed by atoms with van der Waals surface area (Å²) in [6.07, 6.45) is -3.47. The highest BCUT2D eigenvalue weighted by Gasteiger charge is 2.28. The molecule has 1 aliphatic rings. The number of halogens is 3. The fourth-order valence-corrected chi connectivity index (χ4v) is 3.05. The monoisotopic (exact) mass is 395 g/mol. The van der Waals surface area contributed by atoms with E-state index in [2.05, 4.69) is 34.4 Å². The number of hydrogen-bond acceptors (Lipinski definition) is 4. The number of morpholine rings is 1. The van der Waals surface area contributed by atoms with Crippen LogP contribution in [0.4, 0.5) is 13.2 Å². The third-order valence-electron chi connectivity index (χ3n) is 4.10. The van der Waals surface area contributed by atoms with Gasteiger partial charge in [0.1, 0.15) is 0 Å². The Morgan fingerprint density at radius 1 is 1.33 bits per heavy atom. The molecule has 160 valence electrons. The topological polar surface area (TPSA) is 52.1 Å². The summed E-state index contributed by atoms with van der Waals surface area (Å²) in [7, 11) is 1.48. The molecule has 0 saturated carbocycles. The highest BCUT2D eigenvalue weighted by molar-refractivity contribution is 5.79. The van der Waals surface area contributed by atoms with Crippen LogP contribution < -0.4 is 10.6 Å². The molecule has 1 atom stereocenters. The van der Waals surface area contributed by atoms with Crippen molar-refractivity contribution in [2.45, 2.75) is 39.5 Å². The van der Waals surface area contributed by atoms with Crippen LogP contribution in [0.5, 0.6) is 0 Å². The van der Waals surface area contributed by atoms with Gasteiger partial charge in [-0.1, -0.05) is 13.8 Å². The smallest absolute Gasteiger partial charge is 0.374 e. The minimum Gasteiger partial charge on any atom is -0.374 e. The largest absolute Gasteiger partial charge is 0.401 e. The van der Waals surface area contributed by atoms with Crippen molar-refractivity contribution in [1.82, 2.24) is 20.4 Å². The summed E-state index contributed by atoms with van der Waals surface area (Å²) in [5, 5.41) is 6.35. The van der Waals surface area contributed by atoms with Crippen molar-refractivity contribution in [3.05, 3.63) is 0 Å². The van der Waals surface area contributed by atoms with Crippen molar-refractivity contribution in [2.24, 2.45) is 10.9 Å². The average molecular weight is 396 g/mol. The van der Waals surface area contributed by atoms with Crippen molar-refractivity contribution >= 4 is 5.96 Å². The predicted octanol–water partition coefficient (Wildman–Crippen LogP) is 1.78. The van der Waals surface area contributed by atoms with Gasteiger partial charge in [-0.2, -0.15) is 13.2 Å². The molecule has 9 heteroatoms. The molecule has 0 spiro atoms. The number of nitrogens with zero attached hydrogens (tertiary/aromatic N) is 3. The van der Waals surface area contributed by atoms with E-state index in [0.717, 1.165) is 32.8 Å². The quantitative estimate of drug-likeness (QED) is 0.336. The van der Waals surface area contributed by atoms with Crippen molar-refractivity contribution in [3.63, 3.8) is 0 Å². The summed E-state index contributed by atoms with van der Waals surface area (Å²) >= 11 is 0. The van der Waals surface area contributed by atoms with Crippen LogP contribution >= 0.6 is 0 Å². The van der Waals surface area contributed by atoms with E-state index in [1.165, 1.54) is 11.9 Å². The van der Waals surface area contributed by atoms with E-state index >= 15 is 0 Å². The van der Waals surface area contributed by atoms with E-state index in [1.54, 1.807) is 0 Å². The SMILES string of the molecule is CCNC(=NCC1CN(CC(C)C)CCO1)NCCCN(C)CC(F)(F)F. The second-order valence-corrected chi connectivity index (χ2v) is 7.50. The zero-order valence-corrected chi connectivity index (χ0v) is 17.1. The van der Waals surface area contributed by atoms with E-state index in [-0.39, 0.29) is 6.10 Å². The molecule has 27 heavy (non-hydrogen) atoms. The molecular weight excluding hydrogens is 359 g/mol. The molecule has 0 aromatic carbocycles. The third kappa shape index (κ3) is 12.1. The normalized spacial score (nSPS) is 19.7. The van der Waals surface area contributed by atoms with E-state index in [9.17, 15) is 13.2 Å². The molecule has 1 unspecified atom stereocenters. The zero-order valence-electron chi connectivity index (χ0n) is 17.1. The maximum atomic E-state index is 12.3. The summed E-state index contributed by atoms with van der Waals surface area (Å²) in [5.74, 6) is 1.31. The van der Waals surface area contributed by atoms with Gasteiger partial charge in [-0.15, -0.1) is 0 Å². The lowest BCUT2D eigenvalue weighted by Gasteiger charge is -2.33. The first-order chi connectivity index (χ1) is 12.7. The molecule has 0 bridgehead atoms. The molecule has 0 radical (unpaired) electrons. The van der Waals surface area contributed by atoms with Crippen molar-refractivity contribution in [3.8, 4) is 0 Å². The van der Waals surface area contributed by atoms with E-state index in [1.807, 2.05) is 6.92 Å². The first-order valence-corrected chi connectivity index (χ1v) is 9.81. The van der Waals surface area contributed by atoms with Crippen LogP contribution in [-0.4, -0.2) is 94.1 Å². The van der Waals surface area contributed by atoms with Crippen molar-refractivity contribution in [1.29, 1.82) is 0 Å². The van der Waals surface area contributed by atoms with Gasteiger partial charge in [-0.25, -0.2) is 0 Å². The summed E-state index contributed by atoms with van der Waals surface area (Å²) in [4.78, 5) is 8.27. The lowest BCUT2D eigenvalue weighted by molar-refractivity contribution is -0.143. The van der Waals surface area contributed by atoms with Gasteiger partial charge >= 0.3 is 6.18 Å². The highest BCUT2D eigenvalue weighted by atomic mass is 19.4. The minimum atomic E-state index is -4.15. The number of guanidine groups is 1. The molecule has 0 amide bonds. The molecule has 0 aromatic rings. The third-order valence-corrected chi connectivity index (χ3v) is 4.10. The number of alkyl halides is 3. The van der Waals surface area contributed by atoms with Gasteiger partial charge in [0.25, 0.3) is 0 Å². The lowest BCUT2D eigenvalue weighted by atomic mass is 10.2. The molecule has 1 rings (SSSR count). The minimum absolute atomic E-state index is 0.0749. The van der Waals surface area contributed by atoms with Crippen LogP contribution in [-0.2, 0) is 4.74 Å². The van der Waals surface area contributed by atoms with Crippen LogP contribution in [0.3, 0.4) is 0 Å². The first-order valence-electron chi connectivity index (χ1n) is 9.81. The van der Waals surface area contributed by atoms with Crippen LogP contribution in [0.25, 0.3) is 0 Å². The molecule has 6 nitrogen and oxygen atoms in total. The molecule has 1 fully saturated rings. The fraction of sp³-hybridized carbons (Fsp3) is 0.944. The van der Waals surface area contributed by atoms with E-state index in [0.29, 0.717) is 37.9 Å². The number of rotatable bonds is 10. The van der Waals surface area contributed by atoms with Gasteiger partial charge in [-0.05, 0) is 32.9 Å². The standard InChI is InChI=1S/C18H36F3N5O/c1-5-22-17(23-7-6-8-25(4)14-18(19,20)21)24-11-16-13-26(9-10-27-16)12-15(2)3/h15-16H,5-14H2,1-4H3,(H2,22,23,24). The lowest BCUT2D eigenvalue weighted by Crippen LogP contribution is -2.46. The maximum Gasteiger partial charge on any atom is 0.401 e. The summed E-state index contributed by atoms with van der Waals surface area (Å²) in [6, 6.07) is 0. The summed E-state index contributed by atoms with van der Waals surface area (Å²) in [6.45, 7) is 11.4. The first kappa shape index (κ1) is 24.0. The maximum absolute atomic E-state index is 12.3. The van der Waals surface area contributed by atoms with Crippen LogP contribution in [0.2, 0.25) is 0 Å². The van der Waals surface area contributed by atoms with Crippen molar-refractivity contribution < 1.29 is 17.9 Å². The Kier molecular flexibility index (Phi) is 11.0. The molecule has 0 aromatic heterocycles. The van der Waals surface area contributed by atoms with Gasteiger partial charge in [0, 0.05) is 32.7 Å². The van der Waals surface area contributed by atoms with Crippen LogP contribution in [0, 0.1) is 5.92 Å². The van der Waals surface area contributed by atoms with Gasteiger partial charge in [0.15, 0.2) is 5.96 Å². The summed E-state index contributed by atoms with van der Waals surface area (Å²) in [5.41, 5.74) is 0. The van der Waals surface area contributed by atoms with Gasteiger partial charge in [0.2, 0.25) is 0 Å². The fourth-order valence-electron chi connectivity index (χ4n) is 3.05. The van der Waals surface area contributed by atoms with Crippen LogP contribution in [0.1, 0.15) is 27.2 Å². The van der Waals surface area contributed by atoms with Crippen molar-refractivity contribution in [2.75, 3.05) is 66.0 Å². The zero-order chi connectivity index (χ0) is 20.3. The second-order valence-electron chi connectivity index (χ2n) is 7.50. The number of hydrogen-bond donors (Lipinski definition) is 2. The Balaban J connectivity index is 2.35. The van der Waals surface area contributed by atoms with Gasteiger partial charge < -0.3 is 15.4 Å². The van der Waals surface area contributed by atoms with E-state index < -0.39 is 12.7 Å².